The van der Waals surface area contributed by atoms with Crippen molar-refractivity contribution < 1.29 is 6.85 Å². The van der Waals surface area contributed by atoms with Gasteiger partial charge in [-0.2, -0.15) is 0 Å². The molecular weight excluding hydrogens is 687 g/mol. The van der Waals surface area contributed by atoms with Crippen LogP contribution in [0.5, 0.6) is 0 Å². The average molecular weight is 725 g/mol. The van der Waals surface area contributed by atoms with E-state index in [1.54, 1.807) is 0 Å². The summed E-state index contributed by atoms with van der Waals surface area (Å²) in [6, 6.07) is 55.4. The number of aromatic nitrogens is 3. The number of thiophene rings is 1. The van der Waals surface area contributed by atoms with Crippen molar-refractivity contribution in [2.75, 3.05) is 0 Å². The summed E-state index contributed by atoms with van der Waals surface area (Å²) in [6.07, 6.45) is 0. The number of rotatable bonds is 7. The highest BCUT2D eigenvalue weighted by Gasteiger charge is 2.20. The standard InChI is InChI=1S/C51H33N3S/c1-6-17-34(18-7-1)39-29-40(35-19-8-2-9-20-35)31-42(30-39)50-52-49(38-25-14-5-15-26-38)53-51(54-50)43-27-16-28-46-47(43)45-33-41(36-21-10-3-11-22-36)32-44(48(45)55-46)37-23-12-4-13-24-37/h1-33H/i4D,12D,13D,23D,24D. The maximum Gasteiger partial charge on any atom is 0.164 e. The minimum Gasteiger partial charge on any atom is -0.208 e. The smallest absolute Gasteiger partial charge is 0.164 e. The molecule has 10 aromatic rings. The van der Waals surface area contributed by atoms with Gasteiger partial charge in [-0.15, -0.1) is 11.3 Å². The zero-order chi connectivity index (χ0) is 40.9. The Balaban J connectivity index is 1.26. The molecule has 0 spiro atoms. The lowest BCUT2D eigenvalue weighted by atomic mass is 9.95. The van der Waals surface area contributed by atoms with Gasteiger partial charge in [0.15, 0.2) is 17.5 Å². The molecule has 0 aliphatic rings. The molecular formula is C51H33N3S. The van der Waals surface area contributed by atoms with E-state index in [2.05, 4.69) is 48.5 Å². The van der Waals surface area contributed by atoms with E-state index in [0.29, 0.717) is 23.0 Å². The first-order valence-electron chi connectivity index (χ1n) is 20.5. The molecule has 0 aliphatic carbocycles. The van der Waals surface area contributed by atoms with Crippen LogP contribution < -0.4 is 0 Å². The van der Waals surface area contributed by atoms with Crippen molar-refractivity contribution in [2.24, 2.45) is 0 Å². The second-order valence-corrected chi connectivity index (χ2v) is 14.3. The average Bonchev–Trinajstić information content (AvgIpc) is 3.70. The van der Waals surface area contributed by atoms with Crippen molar-refractivity contribution in [1.82, 2.24) is 15.0 Å². The Labute approximate surface area is 331 Å². The van der Waals surface area contributed by atoms with Crippen molar-refractivity contribution in [2.45, 2.75) is 0 Å². The van der Waals surface area contributed by atoms with Gasteiger partial charge in [0.1, 0.15) is 0 Å². The Morgan fingerprint density at radius 3 is 1.44 bits per heavy atom. The number of hydrogen-bond donors (Lipinski definition) is 0. The summed E-state index contributed by atoms with van der Waals surface area (Å²) in [5.74, 6) is 1.54. The summed E-state index contributed by atoms with van der Waals surface area (Å²) in [5, 5.41) is 1.78. The Morgan fingerprint density at radius 1 is 0.364 bits per heavy atom. The van der Waals surface area contributed by atoms with E-state index in [4.69, 9.17) is 21.8 Å². The van der Waals surface area contributed by atoms with Crippen LogP contribution in [0.3, 0.4) is 0 Å². The third-order valence-corrected chi connectivity index (χ3v) is 11.0. The molecule has 4 heteroatoms. The summed E-state index contributed by atoms with van der Waals surface area (Å²) in [7, 11) is 0. The SMILES string of the molecule is [2H]c1c([2H])c([2H])c(-c2cc(-c3ccccc3)cc3c2sc2cccc(-c4nc(-c5ccccc5)nc(-c5cc(-c6ccccc6)cc(-c6ccccc6)c5)n4)c23)c([2H])c1[2H]. The van der Waals surface area contributed by atoms with E-state index in [-0.39, 0.29) is 29.7 Å². The van der Waals surface area contributed by atoms with Gasteiger partial charge in [-0.05, 0) is 75.3 Å². The first kappa shape index (κ1) is 27.6. The fraction of sp³-hybridized carbons (Fsp3) is 0. The van der Waals surface area contributed by atoms with Gasteiger partial charge in [0, 0.05) is 42.4 Å². The Hall–Kier alpha value is -7.01. The van der Waals surface area contributed by atoms with Crippen molar-refractivity contribution in [3.63, 3.8) is 0 Å². The molecule has 2 aromatic heterocycles. The first-order valence-corrected chi connectivity index (χ1v) is 18.8. The van der Waals surface area contributed by atoms with Gasteiger partial charge in [-0.25, -0.2) is 15.0 Å². The molecule has 0 fully saturated rings. The molecule has 0 aliphatic heterocycles. The third kappa shape index (κ3) is 6.29. The summed E-state index contributed by atoms with van der Waals surface area (Å²) < 4.78 is 45.1. The number of benzene rings is 8. The predicted molar refractivity (Wildman–Crippen MR) is 231 cm³/mol. The predicted octanol–water partition coefficient (Wildman–Crippen LogP) is 13.9. The minimum atomic E-state index is -0.423. The zero-order valence-corrected chi connectivity index (χ0v) is 30.2. The van der Waals surface area contributed by atoms with Crippen LogP contribution in [0.4, 0.5) is 0 Å². The third-order valence-electron chi connectivity index (χ3n) is 9.79. The largest absolute Gasteiger partial charge is 0.208 e. The van der Waals surface area contributed by atoms with E-state index in [9.17, 15) is 0 Å². The molecule has 8 aromatic carbocycles. The van der Waals surface area contributed by atoms with E-state index in [1.165, 1.54) is 11.3 Å². The van der Waals surface area contributed by atoms with Gasteiger partial charge in [-0.3, -0.25) is 0 Å². The highest BCUT2D eigenvalue weighted by molar-refractivity contribution is 7.26. The molecule has 0 saturated carbocycles. The van der Waals surface area contributed by atoms with Gasteiger partial charge in [0.25, 0.3) is 0 Å². The van der Waals surface area contributed by atoms with Crippen LogP contribution in [0.15, 0.2) is 200 Å². The number of fused-ring (bicyclic) bond motifs is 3. The maximum absolute atomic E-state index is 8.99. The monoisotopic (exact) mass is 724 g/mol. The molecule has 0 atom stereocenters. The second kappa shape index (κ2) is 14.1. The van der Waals surface area contributed by atoms with Crippen LogP contribution >= 0.6 is 11.3 Å². The zero-order valence-electron chi connectivity index (χ0n) is 34.4. The normalized spacial score (nSPS) is 12.5. The molecule has 10 rings (SSSR count). The highest BCUT2D eigenvalue weighted by Crippen LogP contribution is 2.46. The quantitative estimate of drug-likeness (QED) is 0.164. The maximum atomic E-state index is 8.99. The lowest BCUT2D eigenvalue weighted by Gasteiger charge is -2.13. The molecule has 0 N–H and O–H groups in total. The summed E-state index contributed by atoms with van der Waals surface area (Å²) in [6.45, 7) is 0. The molecule has 3 nitrogen and oxygen atoms in total. The molecule has 0 unspecified atom stereocenters. The Bertz CT molecular complexity index is 3160. The van der Waals surface area contributed by atoms with Crippen molar-refractivity contribution >= 4 is 31.5 Å². The summed E-state index contributed by atoms with van der Waals surface area (Å²) in [5.41, 5.74) is 9.24. The van der Waals surface area contributed by atoms with Crippen LogP contribution in [-0.4, -0.2) is 15.0 Å². The van der Waals surface area contributed by atoms with Gasteiger partial charge < -0.3 is 0 Å². The van der Waals surface area contributed by atoms with Gasteiger partial charge in [-0.1, -0.05) is 164 Å². The lowest BCUT2D eigenvalue weighted by molar-refractivity contribution is 1.08. The van der Waals surface area contributed by atoms with Crippen LogP contribution in [0, 0.1) is 0 Å². The van der Waals surface area contributed by atoms with Crippen molar-refractivity contribution in [3.05, 3.63) is 200 Å². The van der Waals surface area contributed by atoms with Gasteiger partial charge in [0.2, 0.25) is 0 Å². The number of nitrogens with zero attached hydrogens (tertiary/aromatic N) is 3. The molecule has 0 saturated heterocycles. The van der Waals surface area contributed by atoms with E-state index in [0.717, 1.165) is 70.2 Å². The highest BCUT2D eigenvalue weighted by atomic mass is 32.1. The Kier molecular flexibility index (Phi) is 7.06. The minimum absolute atomic E-state index is 0.165. The van der Waals surface area contributed by atoms with Crippen LogP contribution in [0.1, 0.15) is 6.85 Å². The fourth-order valence-electron chi connectivity index (χ4n) is 7.18. The molecule has 0 amide bonds. The summed E-state index contributed by atoms with van der Waals surface area (Å²) in [4.78, 5) is 15.6. The molecule has 0 radical (unpaired) electrons. The molecule has 0 bridgehead atoms. The van der Waals surface area contributed by atoms with E-state index < -0.39 is 6.04 Å². The second-order valence-electron chi connectivity index (χ2n) is 13.3. The fourth-order valence-corrected chi connectivity index (χ4v) is 8.41. The summed E-state index contributed by atoms with van der Waals surface area (Å²) >= 11 is 1.52. The van der Waals surface area contributed by atoms with Gasteiger partial charge >= 0.3 is 0 Å². The Morgan fingerprint density at radius 2 is 0.855 bits per heavy atom. The first-order chi connectivity index (χ1) is 29.3. The van der Waals surface area contributed by atoms with Crippen LogP contribution in [0.25, 0.3) is 98.8 Å². The van der Waals surface area contributed by atoms with Crippen molar-refractivity contribution in [1.29, 1.82) is 0 Å². The van der Waals surface area contributed by atoms with Gasteiger partial charge in [0.05, 0.1) is 6.85 Å². The van der Waals surface area contributed by atoms with E-state index >= 15 is 0 Å². The molecule has 2 heterocycles. The number of hydrogen-bond acceptors (Lipinski definition) is 4. The van der Waals surface area contributed by atoms with Crippen LogP contribution in [-0.2, 0) is 0 Å². The molecule has 258 valence electrons. The van der Waals surface area contributed by atoms with Crippen LogP contribution in [0.2, 0.25) is 0 Å². The van der Waals surface area contributed by atoms with E-state index in [1.807, 2.05) is 121 Å². The topological polar surface area (TPSA) is 38.7 Å². The molecule has 55 heavy (non-hydrogen) atoms. The lowest BCUT2D eigenvalue weighted by Crippen LogP contribution is -2.01. The van der Waals surface area contributed by atoms with Crippen molar-refractivity contribution in [3.8, 4) is 78.7 Å².